The lowest BCUT2D eigenvalue weighted by molar-refractivity contribution is -0.142. The first-order chi connectivity index (χ1) is 14.0. The van der Waals surface area contributed by atoms with Crippen LogP contribution in [0.2, 0.25) is 0 Å². The fourth-order valence-electron chi connectivity index (χ4n) is 3.30. The summed E-state index contributed by atoms with van der Waals surface area (Å²) in [6.45, 7) is 7.08. The molecule has 0 fully saturated rings. The van der Waals surface area contributed by atoms with E-state index in [4.69, 9.17) is 0 Å². The maximum atomic E-state index is 13.5. The Labute approximate surface area is 171 Å². The number of rotatable bonds is 4. The Kier molecular flexibility index (Phi) is 5.70. The summed E-state index contributed by atoms with van der Waals surface area (Å²) in [7, 11) is 0. The van der Waals surface area contributed by atoms with Crippen molar-refractivity contribution in [3.05, 3.63) is 69.1 Å². The number of benzene rings is 2. The number of fused-ring (bicyclic) bond motifs is 1. The van der Waals surface area contributed by atoms with Gasteiger partial charge in [-0.05, 0) is 62.6 Å². The summed E-state index contributed by atoms with van der Waals surface area (Å²) in [6, 6.07) is 8.97. The van der Waals surface area contributed by atoms with Crippen LogP contribution in [0, 0.1) is 20.8 Å². The number of amides is 1. The summed E-state index contributed by atoms with van der Waals surface area (Å²) in [5.74, 6) is -0.567. The molecule has 1 heterocycles. The van der Waals surface area contributed by atoms with Crippen molar-refractivity contribution < 1.29 is 18.0 Å². The molecule has 8 heteroatoms. The maximum Gasteiger partial charge on any atom is 0.438 e. The minimum absolute atomic E-state index is 0.0200. The second kappa shape index (κ2) is 7.93. The molecule has 0 spiro atoms. The zero-order chi connectivity index (χ0) is 22.2. The van der Waals surface area contributed by atoms with Crippen molar-refractivity contribution in [3.63, 3.8) is 0 Å². The van der Waals surface area contributed by atoms with Crippen molar-refractivity contribution in [1.29, 1.82) is 0 Å². The van der Waals surface area contributed by atoms with E-state index in [0.29, 0.717) is 5.69 Å². The summed E-state index contributed by atoms with van der Waals surface area (Å²) in [6.07, 6.45) is -4.81. The van der Waals surface area contributed by atoms with Crippen LogP contribution in [-0.2, 0) is 11.0 Å². The third kappa shape index (κ3) is 4.08. The number of nitrogens with one attached hydrogen (secondary N) is 1. The molecular weight excluding hydrogens is 395 g/mol. The van der Waals surface area contributed by atoms with E-state index in [9.17, 15) is 22.8 Å². The molecule has 5 nitrogen and oxygen atoms in total. The Morgan fingerprint density at radius 1 is 1.10 bits per heavy atom. The molecule has 0 aliphatic carbocycles. The van der Waals surface area contributed by atoms with Gasteiger partial charge in [-0.2, -0.15) is 13.2 Å². The van der Waals surface area contributed by atoms with Crippen LogP contribution in [0.1, 0.15) is 41.8 Å². The molecule has 0 unspecified atom stereocenters. The normalized spacial score (nSPS) is 12.8. The highest BCUT2D eigenvalue weighted by Gasteiger charge is 2.38. The zero-order valence-electron chi connectivity index (χ0n) is 17.1. The Hall–Kier alpha value is -3.16. The Bertz CT molecular complexity index is 1170. The first-order valence-corrected chi connectivity index (χ1v) is 9.51. The van der Waals surface area contributed by atoms with Gasteiger partial charge >= 0.3 is 6.18 Å². The molecule has 1 atom stereocenters. The number of alkyl halides is 3. The number of aromatic nitrogens is 2. The van der Waals surface area contributed by atoms with Gasteiger partial charge in [0.15, 0.2) is 0 Å². The standard InChI is InChI=1S/C22H22F3N3O2/c1-5-17(20(29)26-15-8-6-12(2)7-9-15)28-18-11-14(4)13(3)10-16(18)27-19(21(28)30)22(23,24)25/h6-11,17H,5H2,1-4H3,(H,26,29)/t17-/m0/s1. The largest absolute Gasteiger partial charge is 0.438 e. The van der Waals surface area contributed by atoms with Crippen LogP contribution in [-0.4, -0.2) is 15.5 Å². The third-order valence-corrected chi connectivity index (χ3v) is 5.09. The third-order valence-electron chi connectivity index (χ3n) is 5.09. The molecule has 2 aromatic carbocycles. The van der Waals surface area contributed by atoms with Crippen LogP contribution < -0.4 is 10.9 Å². The Morgan fingerprint density at radius 3 is 2.27 bits per heavy atom. The number of carbonyl (C=O) groups excluding carboxylic acids is 1. The van der Waals surface area contributed by atoms with Crippen molar-refractivity contribution in [2.45, 2.75) is 46.3 Å². The molecule has 0 aliphatic rings. The number of nitrogens with zero attached hydrogens (tertiary/aromatic N) is 2. The molecular formula is C22H22F3N3O2. The fourth-order valence-corrected chi connectivity index (χ4v) is 3.30. The summed E-state index contributed by atoms with van der Waals surface area (Å²) in [4.78, 5) is 29.4. The van der Waals surface area contributed by atoms with Crippen LogP contribution in [0.4, 0.5) is 18.9 Å². The van der Waals surface area contributed by atoms with Gasteiger partial charge in [0, 0.05) is 5.69 Å². The lowest BCUT2D eigenvalue weighted by Crippen LogP contribution is -2.37. The van der Waals surface area contributed by atoms with Gasteiger partial charge in [0.25, 0.3) is 5.56 Å². The molecule has 0 radical (unpaired) electrons. The van der Waals surface area contributed by atoms with Gasteiger partial charge in [0.1, 0.15) is 6.04 Å². The molecule has 1 amide bonds. The summed E-state index contributed by atoms with van der Waals surface area (Å²) in [5.41, 5.74) is 0.379. The molecule has 30 heavy (non-hydrogen) atoms. The number of carbonyl (C=O) groups is 1. The predicted molar refractivity (Wildman–Crippen MR) is 110 cm³/mol. The summed E-state index contributed by atoms with van der Waals surface area (Å²) in [5, 5.41) is 2.69. The molecule has 0 saturated carbocycles. The highest BCUT2D eigenvalue weighted by molar-refractivity contribution is 5.94. The topological polar surface area (TPSA) is 64.0 Å². The Morgan fingerprint density at radius 2 is 1.70 bits per heavy atom. The monoisotopic (exact) mass is 417 g/mol. The average Bonchev–Trinajstić information content (AvgIpc) is 2.66. The van der Waals surface area contributed by atoms with E-state index in [-0.39, 0.29) is 17.5 Å². The summed E-state index contributed by atoms with van der Waals surface area (Å²) >= 11 is 0. The molecule has 1 aromatic heterocycles. The van der Waals surface area contributed by atoms with Crippen molar-refractivity contribution in [2.75, 3.05) is 5.32 Å². The Balaban J connectivity index is 2.21. The highest BCUT2D eigenvalue weighted by Crippen LogP contribution is 2.29. The maximum absolute atomic E-state index is 13.5. The van der Waals surface area contributed by atoms with Crippen molar-refractivity contribution in [1.82, 2.24) is 9.55 Å². The zero-order valence-corrected chi connectivity index (χ0v) is 17.1. The van der Waals surface area contributed by atoms with Gasteiger partial charge in [-0.15, -0.1) is 0 Å². The van der Waals surface area contributed by atoms with Crippen LogP contribution in [0.3, 0.4) is 0 Å². The number of anilines is 1. The molecule has 0 saturated heterocycles. The predicted octanol–water partition coefficient (Wildman–Crippen LogP) is 4.93. The minimum Gasteiger partial charge on any atom is -0.324 e. The lowest BCUT2D eigenvalue weighted by atomic mass is 10.1. The van der Waals surface area contributed by atoms with E-state index in [1.54, 1.807) is 51.1 Å². The van der Waals surface area contributed by atoms with E-state index < -0.39 is 29.4 Å². The van der Waals surface area contributed by atoms with Crippen LogP contribution in [0.25, 0.3) is 11.0 Å². The molecule has 158 valence electrons. The molecule has 3 aromatic rings. The van der Waals surface area contributed by atoms with Crippen molar-refractivity contribution >= 4 is 22.6 Å². The van der Waals surface area contributed by atoms with Crippen LogP contribution >= 0.6 is 0 Å². The van der Waals surface area contributed by atoms with Gasteiger partial charge in [0.05, 0.1) is 11.0 Å². The summed E-state index contributed by atoms with van der Waals surface area (Å²) < 4.78 is 41.5. The first-order valence-electron chi connectivity index (χ1n) is 9.51. The minimum atomic E-state index is -4.93. The number of halogens is 3. The second-order valence-corrected chi connectivity index (χ2v) is 7.34. The van der Waals surface area contributed by atoms with Crippen molar-refractivity contribution in [2.24, 2.45) is 0 Å². The van der Waals surface area contributed by atoms with E-state index in [1.807, 2.05) is 6.92 Å². The molecule has 1 N–H and O–H groups in total. The van der Waals surface area contributed by atoms with Gasteiger partial charge < -0.3 is 5.32 Å². The number of hydrogen-bond donors (Lipinski definition) is 1. The van der Waals surface area contributed by atoms with Crippen LogP contribution in [0.15, 0.2) is 41.2 Å². The van der Waals surface area contributed by atoms with Gasteiger partial charge in [-0.25, -0.2) is 4.98 Å². The number of hydrogen-bond acceptors (Lipinski definition) is 3. The number of aryl methyl sites for hydroxylation is 3. The van der Waals surface area contributed by atoms with Gasteiger partial charge in [-0.3, -0.25) is 14.2 Å². The molecule has 3 rings (SSSR count). The van der Waals surface area contributed by atoms with Gasteiger partial charge in [-0.1, -0.05) is 24.6 Å². The fraction of sp³-hybridized carbons (Fsp3) is 0.318. The smallest absolute Gasteiger partial charge is 0.324 e. The van der Waals surface area contributed by atoms with E-state index >= 15 is 0 Å². The first kappa shape index (κ1) is 21.5. The molecule has 0 bridgehead atoms. The quantitative estimate of drug-likeness (QED) is 0.655. The van der Waals surface area contributed by atoms with Crippen molar-refractivity contribution in [3.8, 4) is 0 Å². The van der Waals surface area contributed by atoms with E-state index in [2.05, 4.69) is 10.3 Å². The SMILES string of the molecule is CC[C@@H](C(=O)Nc1ccc(C)cc1)n1c(=O)c(C(F)(F)F)nc2cc(C)c(C)cc21. The second-order valence-electron chi connectivity index (χ2n) is 7.34. The van der Waals surface area contributed by atoms with E-state index in [1.165, 1.54) is 6.07 Å². The van der Waals surface area contributed by atoms with Crippen LogP contribution in [0.5, 0.6) is 0 Å². The van der Waals surface area contributed by atoms with E-state index in [0.717, 1.165) is 21.3 Å². The molecule has 0 aliphatic heterocycles. The highest BCUT2D eigenvalue weighted by atomic mass is 19.4. The average molecular weight is 417 g/mol. The lowest BCUT2D eigenvalue weighted by Gasteiger charge is -2.22. The van der Waals surface area contributed by atoms with Gasteiger partial charge in [0.2, 0.25) is 11.6 Å².